The molecule has 0 N–H and O–H groups in total. The number of carbonyl (C=O) groups excluding carboxylic acids is 1. The first kappa shape index (κ1) is 15.8. The van der Waals surface area contributed by atoms with Gasteiger partial charge in [-0.3, -0.25) is 4.57 Å². The third-order valence-electron chi connectivity index (χ3n) is 1.36. The molecule has 5 nitrogen and oxygen atoms in total. The summed E-state index contributed by atoms with van der Waals surface area (Å²) in [4.78, 5) is 11.3. The molecule has 0 aromatic rings. The van der Waals surface area contributed by atoms with Crippen LogP contribution in [0.5, 0.6) is 0 Å². The number of ether oxygens (including phenoxy) is 1. The highest BCUT2D eigenvalue weighted by atomic mass is 79.9. The molecule has 0 unspecified atom stereocenters. The molecule has 0 saturated heterocycles. The van der Waals surface area contributed by atoms with Crippen LogP contribution in [0.15, 0.2) is 10.3 Å². The molecule has 16 heavy (non-hydrogen) atoms. The second-order valence-electron chi connectivity index (χ2n) is 2.57. The molecule has 94 valence electrons. The van der Waals surface area contributed by atoms with E-state index in [2.05, 4.69) is 15.9 Å². The Hall–Kier alpha value is -0.160. The number of hydrogen-bond donors (Lipinski definition) is 0. The van der Waals surface area contributed by atoms with Crippen LogP contribution < -0.4 is 0 Å². The van der Waals surface area contributed by atoms with Gasteiger partial charge in [-0.2, -0.15) is 0 Å². The molecular weight excluding hydrogens is 299 g/mol. The van der Waals surface area contributed by atoms with Crippen molar-refractivity contribution in [2.75, 3.05) is 19.8 Å². The van der Waals surface area contributed by atoms with Gasteiger partial charge in [0, 0.05) is 5.82 Å². The van der Waals surface area contributed by atoms with Crippen LogP contribution in [0, 0.1) is 0 Å². The van der Waals surface area contributed by atoms with Gasteiger partial charge in [0.2, 0.25) is 0 Å². The number of hydrogen-bond acceptors (Lipinski definition) is 5. The molecule has 0 fully saturated rings. The van der Waals surface area contributed by atoms with E-state index in [4.69, 9.17) is 13.8 Å². The minimum absolute atomic E-state index is 0.0413. The van der Waals surface area contributed by atoms with E-state index in [-0.39, 0.29) is 24.3 Å². The van der Waals surface area contributed by atoms with E-state index in [1.54, 1.807) is 20.8 Å². The number of carbonyl (C=O) groups is 1. The Morgan fingerprint density at radius 1 is 1.19 bits per heavy atom. The van der Waals surface area contributed by atoms with Gasteiger partial charge in [-0.05, 0) is 36.7 Å². The maximum Gasteiger partial charge on any atom is 0.355 e. The number of rotatable bonds is 7. The summed E-state index contributed by atoms with van der Waals surface area (Å²) >= 11 is 2.97. The van der Waals surface area contributed by atoms with Crippen LogP contribution in [0.2, 0.25) is 0 Å². The lowest BCUT2D eigenvalue weighted by Gasteiger charge is -2.13. The van der Waals surface area contributed by atoms with E-state index in [0.717, 1.165) is 5.82 Å². The maximum absolute atomic E-state index is 12.0. The van der Waals surface area contributed by atoms with Crippen LogP contribution in [0.25, 0.3) is 0 Å². The summed E-state index contributed by atoms with van der Waals surface area (Å²) in [6, 6.07) is 0. The second kappa shape index (κ2) is 8.01. The first-order valence-electron chi connectivity index (χ1n) is 4.93. The van der Waals surface area contributed by atoms with E-state index >= 15 is 0 Å². The molecule has 0 aliphatic rings. The third kappa shape index (κ3) is 5.80. The van der Waals surface area contributed by atoms with E-state index in [1.165, 1.54) is 0 Å². The molecule has 0 saturated carbocycles. The van der Waals surface area contributed by atoms with Crippen LogP contribution in [-0.4, -0.2) is 25.8 Å². The molecule has 0 radical (unpaired) electrons. The minimum Gasteiger partial charge on any atom is -0.462 e. The minimum atomic E-state index is -3.36. The van der Waals surface area contributed by atoms with Gasteiger partial charge >= 0.3 is 13.6 Å². The summed E-state index contributed by atoms with van der Waals surface area (Å²) in [5.41, 5.74) is 0. The summed E-state index contributed by atoms with van der Waals surface area (Å²) in [6.45, 7) is 5.78. The van der Waals surface area contributed by atoms with Crippen LogP contribution in [0.3, 0.4) is 0 Å². The van der Waals surface area contributed by atoms with Gasteiger partial charge < -0.3 is 13.8 Å². The lowest BCUT2D eigenvalue weighted by Crippen LogP contribution is -2.04. The zero-order valence-corrected chi connectivity index (χ0v) is 12.0. The fourth-order valence-electron chi connectivity index (χ4n) is 0.863. The average molecular weight is 315 g/mol. The average Bonchev–Trinajstić information content (AvgIpc) is 2.18. The fraction of sp³-hybridized carbons (Fsp3) is 0.667. The van der Waals surface area contributed by atoms with Gasteiger partial charge in [0.1, 0.15) is 4.48 Å². The fourth-order valence-corrected chi connectivity index (χ4v) is 3.06. The molecule has 0 spiro atoms. The first-order chi connectivity index (χ1) is 7.49. The third-order valence-corrected chi connectivity index (χ3v) is 4.08. The molecule has 0 rings (SSSR count). The van der Waals surface area contributed by atoms with Crippen molar-refractivity contribution >= 4 is 29.5 Å². The molecule has 0 heterocycles. The quantitative estimate of drug-likeness (QED) is 0.410. The predicted molar refractivity (Wildman–Crippen MR) is 64.5 cm³/mol. The molecule has 7 heteroatoms. The summed E-state index contributed by atoms with van der Waals surface area (Å²) in [6.07, 6.45) is 0. The largest absolute Gasteiger partial charge is 0.462 e. The second-order valence-corrected chi connectivity index (χ2v) is 5.28. The first-order valence-corrected chi connectivity index (χ1v) is 7.33. The SMILES string of the molecule is CCOC(=O)C(Br)=CP(=O)(OCC)OCC. The highest BCUT2D eigenvalue weighted by Crippen LogP contribution is 2.51. The van der Waals surface area contributed by atoms with Crippen molar-refractivity contribution in [3.63, 3.8) is 0 Å². The van der Waals surface area contributed by atoms with E-state index < -0.39 is 13.6 Å². The Balaban J connectivity index is 4.76. The number of esters is 1. The van der Waals surface area contributed by atoms with Gasteiger partial charge in [0.15, 0.2) is 0 Å². The summed E-state index contributed by atoms with van der Waals surface area (Å²) in [5, 5.41) is 0. The Morgan fingerprint density at radius 3 is 2.06 bits per heavy atom. The van der Waals surface area contributed by atoms with Crippen molar-refractivity contribution < 1.29 is 23.1 Å². The van der Waals surface area contributed by atoms with Crippen molar-refractivity contribution in [3.8, 4) is 0 Å². The molecule has 0 aliphatic carbocycles. The zero-order valence-electron chi connectivity index (χ0n) is 9.57. The Morgan fingerprint density at radius 2 is 1.69 bits per heavy atom. The van der Waals surface area contributed by atoms with Crippen molar-refractivity contribution in [2.45, 2.75) is 20.8 Å². The van der Waals surface area contributed by atoms with Crippen LogP contribution in [0.4, 0.5) is 0 Å². The van der Waals surface area contributed by atoms with Crippen molar-refractivity contribution in [2.24, 2.45) is 0 Å². The smallest absolute Gasteiger partial charge is 0.355 e. The Kier molecular flexibility index (Phi) is 7.93. The van der Waals surface area contributed by atoms with Gasteiger partial charge in [-0.25, -0.2) is 4.79 Å². The Labute approximate surface area is 104 Å². The van der Waals surface area contributed by atoms with Crippen molar-refractivity contribution in [1.29, 1.82) is 0 Å². The normalized spacial score (nSPS) is 12.6. The summed E-state index contributed by atoms with van der Waals surface area (Å²) in [5.74, 6) is 0.528. The monoisotopic (exact) mass is 314 g/mol. The highest BCUT2D eigenvalue weighted by molar-refractivity contribution is 9.12. The molecule has 0 aromatic heterocycles. The zero-order chi connectivity index (χ0) is 12.6. The van der Waals surface area contributed by atoms with Gasteiger partial charge in [-0.1, -0.05) is 0 Å². The van der Waals surface area contributed by atoms with E-state index in [9.17, 15) is 9.36 Å². The van der Waals surface area contributed by atoms with Crippen molar-refractivity contribution in [3.05, 3.63) is 10.3 Å². The standard InChI is InChI=1S/C9H16BrO5P/c1-4-13-9(11)8(10)7-16(12,14-5-2)15-6-3/h7H,4-6H2,1-3H3. The van der Waals surface area contributed by atoms with Gasteiger partial charge in [0.05, 0.1) is 19.8 Å². The van der Waals surface area contributed by atoms with Gasteiger partial charge in [0.25, 0.3) is 0 Å². The van der Waals surface area contributed by atoms with Gasteiger partial charge in [-0.15, -0.1) is 0 Å². The summed E-state index contributed by atoms with van der Waals surface area (Å²) < 4.78 is 26.7. The van der Waals surface area contributed by atoms with Crippen LogP contribution in [-0.2, 0) is 23.1 Å². The summed E-state index contributed by atoms with van der Waals surface area (Å²) in [7, 11) is -3.36. The lowest BCUT2D eigenvalue weighted by atomic mass is 10.6. The van der Waals surface area contributed by atoms with Crippen LogP contribution in [0.1, 0.15) is 20.8 Å². The topological polar surface area (TPSA) is 61.8 Å². The van der Waals surface area contributed by atoms with E-state index in [0.29, 0.717) is 0 Å². The highest BCUT2D eigenvalue weighted by Gasteiger charge is 2.23. The van der Waals surface area contributed by atoms with E-state index in [1.807, 2.05) is 0 Å². The van der Waals surface area contributed by atoms with Crippen molar-refractivity contribution in [1.82, 2.24) is 0 Å². The van der Waals surface area contributed by atoms with Crippen LogP contribution >= 0.6 is 23.5 Å². The Bertz CT molecular complexity index is 292. The molecular formula is C9H16BrO5P. The lowest BCUT2D eigenvalue weighted by molar-refractivity contribution is -0.137. The molecule has 0 amide bonds. The molecule has 0 atom stereocenters. The molecule has 0 bridgehead atoms. The molecule has 0 aliphatic heterocycles. The predicted octanol–water partition coefficient (Wildman–Crippen LogP) is 3.05. The molecule has 0 aromatic carbocycles. The maximum atomic E-state index is 12.0. The number of halogens is 1.